The summed E-state index contributed by atoms with van der Waals surface area (Å²) in [5.74, 6) is -0.604. The molecular formula is C44H81NO5. The van der Waals surface area contributed by atoms with Gasteiger partial charge in [-0.15, -0.1) is 0 Å². The quantitative estimate of drug-likeness (QED) is 0.0251. The molecule has 4 atom stereocenters. The average Bonchev–Trinajstić information content (AvgIpc) is 3.12. The predicted molar refractivity (Wildman–Crippen MR) is 214 cm³/mol. The van der Waals surface area contributed by atoms with Crippen molar-refractivity contribution in [2.75, 3.05) is 6.61 Å². The maximum absolute atomic E-state index is 12.5. The smallest absolute Gasteiger partial charge is 0.249 e. The number of allylic oxidation sites excluding steroid dienone is 8. The van der Waals surface area contributed by atoms with Gasteiger partial charge in [0.25, 0.3) is 0 Å². The minimum atomic E-state index is -1.29. The summed E-state index contributed by atoms with van der Waals surface area (Å²) in [7, 11) is 0. The van der Waals surface area contributed by atoms with Crippen molar-refractivity contribution in [1.82, 2.24) is 5.32 Å². The number of unbranched alkanes of at least 4 members (excludes halogenated alkanes) is 21. The predicted octanol–water partition coefficient (Wildman–Crippen LogP) is 10.7. The Kier molecular flexibility index (Phi) is 37.2. The van der Waals surface area contributed by atoms with Crippen LogP contribution in [0.4, 0.5) is 0 Å². The lowest BCUT2D eigenvalue weighted by molar-refractivity contribution is -0.132. The second-order valence-corrected chi connectivity index (χ2v) is 14.3. The van der Waals surface area contributed by atoms with E-state index in [4.69, 9.17) is 0 Å². The lowest BCUT2D eigenvalue weighted by atomic mass is 10.00. The minimum absolute atomic E-state index is 0.353. The van der Waals surface area contributed by atoms with Crippen LogP contribution in [0.1, 0.15) is 194 Å². The zero-order chi connectivity index (χ0) is 36.8. The molecule has 6 heteroatoms. The first-order valence-corrected chi connectivity index (χ1v) is 21.0. The Morgan fingerprint density at radius 2 is 0.900 bits per heavy atom. The first-order chi connectivity index (χ1) is 24.5. The van der Waals surface area contributed by atoms with Crippen molar-refractivity contribution in [1.29, 1.82) is 0 Å². The number of aliphatic hydroxyl groups is 4. The van der Waals surface area contributed by atoms with Crippen LogP contribution in [0.3, 0.4) is 0 Å². The van der Waals surface area contributed by atoms with Crippen LogP contribution in [0.5, 0.6) is 0 Å². The van der Waals surface area contributed by atoms with E-state index < -0.39 is 36.9 Å². The fourth-order valence-electron chi connectivity index (χ4n) is 6.12. The molecule has 4 unspecified atom stereocenters. The Hall–Kier alpha value is -1.73. The Bertz CT molecular complexity index is 838. The van der Waals surface area contributed by atoms with Gasteiger partial charge in [0.1, 0.15) is 12.2 Å². The SMILES string of the molecule is CCCCC/C=C\C=C/CCCCCCCCCCCC(O)C(=O)NC(CO)C(O)C(O)CCC/C=C/CC/C=C/CCCCCCCCC. The van der Waals surface area contributed by atoms with Crippen LogP contribution in [-0.2, 0) is 4.79 Å². The lowest BCUT2D eigenvalue weighted by Gasteiger charge is -2.27. The molecule has 0 bridgehead atoms. The highest BCUT2D eigenvalue weighted by atomic mass is 16.3. The third kappa shape index (κ3) is 32.2. The summed E-state index contributed by atoms with van der Waals surface area (Å²) in [5, 5.41) is 43.6. The standard InChI is InChI=1S/C44H81NO5/c1-3-5-7-9-11-13-15-17-19-21-22-24-26-28-30-32-34-36-38-42(48)44(50)45-40(39-46)43(49)41(47)37-35-33-31-29-27-25-23-20-18-16-14-12-10-8-6-4-2/h11,13,15,17,20,23,29,31,40-43,46-49H,3-10,12,14,16,18-19,21-22,24-28,30,32-39H2,1-2H3,(H,45,50)/b13-11-,17-15-,23-20+,31-29+. The highest BCUT2D eigenvalue weighted by Crippen LogP contribution is 2.14. The molecule has 5 N–H and O–H groups in total. The fourth-order valence-corrected chi connectivity index (χ4v) is 6.12. The zero-order valence-corrected chi connectivity index (χ0v) is 32.6. The van der Waals surface area contributed by atoms with E-state index in [1.54, 1.807) is 0 Å². The molecular weight excluding hydrogens is 622 g/mol. The molecule has 6 nitrogen and oxygen atoms in total. The summed E-state index contributed by atoms with van der Waals surface area (Å²) in [4.78, 5) is 12.5. The van der Waals surface area contributed by atoms with E-state index in [0.717, 1.165) is 44.9 Å². The molecule has 292 valence electrons. The summed E-state index contributed by atoms with van der Waals surface area (Å²) in [6.07, 6.45) is 45.6. The van der Waals surface area contributed by atoms with Gasteiger partial charge >= 0.3 is 0 Å². The molecule has 1 amide bonds. The van der Waals surface area contributed by atoms with Crippen LogP contribution in [0.2, 0.25) is 0 Å². The van der Waals surface area contributed by atoms with Gasteiger partial charge in [-0.1, -0.05) is 165 Å². The zero-order valence-electron chi connectivity index (χ0n) is 32.6. The summed E-state index contributed by atoms with van der Waals surface area (Å²) >= 11 is 0. The molecule has 0 aromatic rings. The van der Waals surface area contributed by atoms with Crippen LogP contribution in [-0.4, -0.2) is 57.3 Å². The van der Waals surface area contributed by atoms with E-state index in [1.807, 2.05) is 0 Å². The van der Waals surface area contributed by atoms with E-state index >= 15 is 0 Å². The molecule has 0 heterocycles. The maximum atomic E-state index is 12.5. The summed E-state index contributed by atoms with van der Waals surface area (Å²) in [6.45, 7) is 3.99. The van der Waals surface area contributed by atoms with Crippen molar-refractivity contribution < 1.29 is 25.2 Å². The van der Waals surface area contributed by atoms with Gasteiger partial charge in [0.05, 0.1) is 18.8 Å². The largest absolute Gasteiger partial charge is 0.394 e. The monoisotopic (exact) mass is 704 g/mol. The van der Waals surface area contributed by atoms with Crippen LogP contribution in [0.25, 0.3) is 0 Å². The van der Waals surface area contributed by atoms with E-state index in [1.165, 1.54) is 116 Å². The number of amides is 1. The molecule has 0 saturated heterocycles. The molecule has 0 aromatic carbocycles. The molecule has 0 aliphatic carbocycles. The van der Waals surface area contributed by atoms with E-state index in [9.17, 15) is 25.2 Å². The third-order valence-corrected chi connectivity index (χ3v) is 9.52. The van der Waals surface area contributed by atoms with Crippen molar-refractivity contribution in [3.8, 4) is 0 Å². The molecule has 0 fully saturated rings. The normalized spacial score (nSPS) is 14.8. The van der Waals surface area contributed by atoms with Crippen LogP contribution < -0.4 is 5.32 Å². The first kappa shape index (κ1) is 48.3. The molecule has 0 aliphatic rings. The van der Waals surface area contributed by atoms with Crippen LogP contribution in [0.15, 0.2) is 48.6 Å². The number of nitrogens with one attached hydrogen (secondary N) is 1. The van der Waals surface area contributed by atoms with Crippen molar-refractivity contribution in [2.45, 2.75) is 218 Å². The van der Waals surface area contributed by atoms with Gasteiger partial charge in [0.15, 0.2) is 0 Å². The maximum Gasteiger partial charge on any atom is 0.249 e. The Morgan fingerprint density at radius 1 is 0.500 bits per heavy atom. The fraction of sp³-hybridized carbons (Fsp3) is 0.795. The third-order valence-electron chi connectivity index (χ3n) is 9.52. The number of carbonyl (C=O) groups excluding carboxylic acids is 1. The van der Waals surface area contributed by atoms with E-state index in [2.05, 4.69) is 67.8 Å². The van der Waals surface area contributed by atoms with Gasteiger partial charge < -0.3 is 25.7 Å². The molecule has 0 spiro atoms. The average molecular weight is 704 g/mol. The van der Waals surface area contributed by atoms with Crippen LogP contribution >= 0.6 is 0 Å². The Labute approximate surface area is 309 Å². The summed E-state index contributed by atoms with van der Waals surface area (Å²) in [5.41, 5.74) is 0. The Morgan fingerprint density at radius 3 is 1.42 bits per heavy atom. The van der Waals surface area contributed by atoms with Crippen molar-refractivity contribution in [3.63, 3.8) is 0 Å². The van der Waals surface area contributed by atoms with E-state index in [0.29, 0.717) is 19.3 Å². The Balaban J connectivity index is 3.85. The number of hydrogen-bond acceptors (Lipinski definition) is 5. The number of carbonyl (C=O) groups is 1. The minimum Gasteiger partial charge on any atom is -0.394 e. The molecule has 0 aromatic heterocycles. The van der Waals surface area contributed by atoms with Crippen LogP contribution in [0, 0.1) is 0 Å². The van der Waals surface area contributed by atoms with E-state index in [-0.39, 0.29) is 0 Å². The summed E-state index contributed by atoms with van der Waals surface area (Å²) < 4.78 is 0. The number of aliphatic hydroxyl groups excluding tert-OH is 4. The van der Waals surface area contributed by atoms with Gasteiger partial charge in [-0.3, -0.25) is 4.79 Å². The second kappa shape index (κ2) is 38.5. The topological polar surface area (TPSA) is 110 Å². The number of hydrogen-bond donors (Lipinski definition) is 5. The molecule has 0 aliphatic heterocycles. The van der Waals surface area contributed by atoms with Gasteiger partial charge in [-0.2, -0.15) is 0 Å². The molecule has 0 saturated carbocycles. The van der Waals surface area contributed by atoms with Gasteiger partial charge in [-0.05, 0) is 77.0 Å². The first-order valence-electron chi connectivity index (χ1n) is 21.0. The number of rotatable bonds is 37. The van der Waals surface area contributed by atoms with Gasteiger partial charge in [0, 0.05) is 0 Å². The highest BCUT2D eigenvalue weighted by molar-refractivity contribution is 5.80. The van der Waals surface area contributed by atoms with Crippen molar-refractivity contribution in [2.24, 2.45) is 0 Å². The summed E-state index contributed by atoms with van der Waals surface area (Å²) in [6, 6.07) is -1.01. The van der Waals surface area contributed by atoms with Gasteiger partial charge in [0.2, 0.25) is 5.91 Å². The molecule has 0 radical (unpaired) electrons. The molecule has 0 rings (SSSR count). The highest BCUT2D eigenvalue weighted by Gasteiger charge is 2.28. The second-order valence-electron chi connectivity index (χ2n) is 14.3. The lowest BCUT2D eigenvalue weighted by Crippen LogP contribution is -2.53. The van der Waals surface area contributed by atoms with Crippen molar-refractivity contribution >= 4 is 5.91 Å². The molecule has 50 heavy (non-hydrogen) atoms. The van der Waals surface area contributed by atoms with Gasteiger partial charge in [-0.25, -0.2) is 0 Å². The van der Waals surface area contributed by atoms with Crippen molar-refractivity contribution in [3.05, 3.63) is 48.6 Å².